The van der Waals surface area contributed by atoms with E-state index in [-0.39, 0.29) is 0 Å². The van der Waals surface area contributed by atoms with Gasteiger partial charge in [-0.25, -0.2) is 9.97 Å². The van der Waals surface area contributed by atoms with Crippen LogP contribution < -0.4 is 0 Å². The normalized spacial score (nSPS) is 11.9. The average molecular weight is 451 g/mol. The number of hydrogen-bond acceptors (Lipinski definition) is 5. The van der Waals surface area contributed by atoms with Crippen LogP contribution in [0, 0.1) is 0 Å². The molecule has 0 aliphatic carbocycles. The molecule has 7 rings (SSSR count). The predicted molar refractivity (Wildman–Crippen MR) is 137 cm³/mol. The van der Waals surface area contributed by atoms with Crippen LogP contribution in [0.15, 0.2) is 84.9 Å². The molecule has 0 spiro atoms. The molecule has 4 aromatic carbocycles. The van der Waals surface area contributed by atoms with E-state index in [1.165, 1.54) is 40.7 Å². The number of hydrogen-bond donors (Lipinski definition) is 0. The molecular weight excluding hydrogens is 437 g/mol. The molecule has 0 fully saturated rings. The lowest BCUT2D eigenvalue weighted by atomic mass is 10.1. The Bertz CT molecular complexity index is 1600. The molecule has 3 heterocycles. The summed E-state index contributed by atoms with van der Waals surface area (Å²) in [5.74, 6) is 0. The second-order valence-corrected chi connectivity index (χ2v) is 10.6. The van der Waals surface area contributed by atoms with Crippen LogP contribution in [0.1, 0.15) is 0 Å². The summed E-state index contributed by atoms with van der Waals surface area (Å²) < 4.78 is 5.04. The fourth-order valence-electron chi connectivity index (χ4n) is 4.03. The van der Waals surface area contributed by atoms with Crippen molar-refractivity contribution in [2.24, 2.45) is 0 Å². The third-order valence-electron chi connectivity index (χ3n) is 5.53. The second kappa shape index (κ2) is 6.69. The quantitative estimate of drug-likeness (QED) is 0.263. The van der Waals surface area contributed by atoms with E-state index in [2.05, 4.69) is 72.8 Å². The maximum Gasteiger partial charge on any atom is 0.124 e. The summed E-state index contributed by atoms with van der Waals surface area (Å²) in [4.78, 5) is 9.82. The van der Waals surface area contributed by atoms with E-state index in [1.807, 2.05) is 23.5 Å². The smallest absolute Gasteiger partial charge is 0.124 e. The Balaban J connectivity index is 1.42. The Kier molecular flexibility index (Phi) is 3.79. The third-order valence-corrected chi connectivity index (χ3v) is 8.78. The van der Waals surface area contributed by atoms with E-state index >= 15 is 0 Å². The summed E-state index contributed by atoms with van der Waals surface area (Å²) >= 11 is 5.36. The van der Waals surface area contributed by atoms with E-state index in [9.17, 15) is 0 Å². The lowest BCUT2D eigenvalue weighted by Gasteiger charge is -1.92. The number of fused-ring (bicyclic) bond motifs is 5. The van der Waals surface area contributed by atoms with Crippen molar-refractivity contribution in [1.82, 2.24) is 9.97 Å². The van der Waals surface area contributed by atoms with Gasteiger partial charge in [-0.15, -0.1) is 34.0 Å². The zero-order chi connectivity index (χ0) is 20.4. The van der Waals surface area contributed by atoms with Crippen LogP contribution in [0.4, 0.5) is 0 Å². The van der Waals surface area contributed by atoms with Crippen molar-refractivity contribution in [2.45, 2.75) is 0 Å². The van der Waals surface area contributed by atoms with Crippen LogP contribution >= 0.6 is 34.0 Å². The molecule has 0 saturated heterocycles. The van der Waals surface area contributed by atoms with Gasteiger partial charge in [-0.1, -0.05) is 60.7 Å². The molecule has 3 aromatic heterocycles. The minimum absolute atomic E-state index is 1.08. The number of aromatic nitrogens is 2. The van der Waals surface area contributed by atoms with Crippen molar-refractivity contribution >= 4 is 74.6 Å². The van der Waals surface area contributed by atoms with Gasteiger partial charge in [0, 0.05) is 31.3 Å². The number of rotatable bonds is 2. The van der Waals surface area contributed by atoms with Crippen LogP contribution in [0.25, 0.3) is 61.7 Å². The third kappa shape index (κ3) is 2.82. The minimum Gasteiger partial charge on any atom is -0.236 e. The largest absolute Gasteiger partial charge is 0.236 e. The molecule has 0 bridgehead atoms. The van der Waals surface area contributed by atoms with E-state index in [0.29, 0.717) is 0 Å². The molecular formula is C26H14N2S3. The van der Waals surface area contributed by atoms with Crippen LogP contribution in [0.2, 0.25) is 0 Å². The molecule has 0 saturated carbocycles. The van der Waals surface area contributed by atoms with Crippen molar-refractivity contribution < 1.29 is 0 Å². The summed E-state index contributed by atoms with van der Waals surface area (Å²) in [6.07, 6.45) is 0. The lowest BCUT2D eigenvalue weighted by molar-refractivity contribution is 1.48. The molecule has 2 nitrogen and oxygen atoms in total. The Labute approximate surface area is 190 Å². The Morgan fingerprint density at radius 2 is 0.903 bits per heavy atom. The van der Waals surface area contributed by atoms with Crippen LogP contribution in [0.5, 0.6) is 0 Å². The van der Waals surface area contributed by atoms with Gasteiger partial charge in [-0.05, 0) is 24.3 Å². The first-order valence-electron chi connectivity index (χ1n) is 10.00. The van der Waals surface area contributed by atoms with Crippen LogP contribution in [-0.4, -0.2) is 9.97 Å². The van der Waals surface area contributed by atoms with Gasteiger partial charge >= 0.3 is 0 Å². The topological polar surface area (TPSA) is 25.8 Å². The molecule has 5 heteroatoms. The van der Waals surface area contributed by atoms with Gasteiger partial charge in [-0.3, -0.25) is 0 Å². The van der Waals surface area contributed by atoms with Crippen molar-refractivity contribution in [3.63, 3.8) is 0 Å². The van der Waals surface area contributed by atoms with Gasteiger partial charge in [0.1, 0.15) is 10.0 Å². The molecule has 0 atom stereocenters. The highest BCUT2D eigenvalue weighted by molar-refractivity contribution is 7.27. The van der Waals surface area contributed by atoms with Gasteiger partial charge < -0.3 is 0 Å². The maximum atomic E-state index is 4.91. The maximum absolute atomic E-state index is 4.91. The summed E-state index contributed by atoms with van der Waals surface area (Å²) in [5, 5.41) is 4.78. The van der Waals surface area contributed by atoms with Gasteiger partial charge in [0.05, 0.1) is 20.4 Å². The molecule has 0 aliphatic heterocycles. The van der Waals surface area contributed by atoms with Crippen LogP contribution in [-0.2, 0) is 0 Å². The molecule has 0 unspecified atom stereocenters. The highest BCUT2D eigenvalue weighted by atomic mass is 32.1. The molecule has 7 aromatic rings. The summed E-state index contributed by atoms with van der Waals surface area (Å²) in [6, 6.07) is 30.0. The zero-order valence-corrected chi connectivity index (χ0v) is 18.7. The lowest BCUT2D eigenvalue weighted by Crippen LogP contribution is -1.74. The number of nitrogens with zero attached hydrogens (tertiary/aromatic N) is 2. The van der Waals surface area contributed by atoms with E-state index in [1.54, 1.807) is 22.7 Å². The first kappa shape index (κ1) is 17.5. The number of benzene rings is 4. The summed E-state index contributed by atoms with van der Waals surface area (Å²) in [6.45, 7) is 0. The standard InChI is InChI=1S/C26H14N2S3/c1-3-7-15(8-4-1)25-27-19-13-21-17(11-23(19)30-25)18-12-24-20(14-22(18)29-21)28-26(31-24)16-9-5-2-6-10-16/h1-14H. The second-order valence-electron chi connectivity index (χ2n) is 7.50. The van der Waals surface area contributed by atoms with Gasteiger partial charge in [0.25, 0.3) is 0 Å². The Morgan fingerprint density at radius 1 is 0.452 bits per heavy atom. The highest BCUT2D eigenvalue weighted by Gasteiger charge is 2.14. The number of thiophene rings is 1. The predicted octanol–water partition coefficient (Wildman–Crippen LogP) is 8.61. The van der Waals surface area contributed by atoms with E-state index in [0.717, 1.165) is 21.0 Å². The summed E-state index contributed by atoms with van der Waals surface area (Å²) in [7, 11) is 0. The monoisotopic (exact) mass is 450 g/mol. The zero-order valence-electron chi connectivity index (χ0n) is 16.2. The summed E-state index contributed by atoms with van der Waals surface area (Å²) in [5.41, 5.74) is 4.51. The highest BCUT2D eigenvalue weighted by Crippen LogP contribution is 2.42. The van der Waals surface area contributed by atoms with Crippen molar-refractivity contribution in [1.29, 1.82) is 0 Å². The molecule has 146 valence electrons. The van der Waals surface area contributed by atoms with Gasteiger partial charge in [0.2, 0.25) is 0 Å². The SMILES string of the molecule is c1ccc(-c2nc3cc4sc5cc6nc(-c7ccccc7)sc6cc5c4cc3s2)cc1. The van der Waals surface area contributed by atoms with Gasteiger partial charge in [-0.2, -0.15) is 0 Å². The molecule has 0 aliphatic rings. The molecule has 0 N–H and O–H groups in total. The van der Waals surface area contributed by atoms with Crippen LogP contribution in [0.3, 0.4) is 0 Å². The minimum atomic E-state index is 1.08. The van der Waals surface area contributed by atoms with Gasteiger partial charge in [0.15, 0.2) is 0 Å². The Morgan fingerprint density at radius 3 is 1.35 bits per heavy atom. The fourth-order valence-corrected chi connectivity index (χ4v) is 7.15. The fraction of sp³-hybridized carbons (Fsp3) is 0. The van der Waals surface area contributed by atoms with Crippen molar-refractivity contribution in [3.05, 3.63) is 84.9 Å². The first-order chi connectivity index (χ1) is 15.3. The number of thiazole rings is 2. The first-order valence-corrected chi connectivity index (χ1v) is 12.4. The van der Waals surface area contributed by atoms with E-state index < -0.39 is 0 Å². The van der Waals surface area contributed by atoms with Crippen molar-refractivity contribution in [2.75, 3.05) is 0 Å². The van der Waals surface area contributed by atoms with E-state index in [4.69, 9.17) is 9.97 Å². The molecule has 0 amide bonds. The molecule has 0 radical (unpaired) electrons. The average Bonchev–Trinajstić information content (AvgIpc) is 3.51. The Hall–Kier alpha value is -3.12. The van der Waals surface area contributed by atoms with Crippen molar-refractivity contribution in [3.8, 4) is 21.1 Å². The molecule has 31 heavy (non-hydrogen) atoms.